The third-order valence-corrected chi connectivity index (χ3v) is 5.28. The van der Waals surface area contributed by atoms with Gasteiger partial charge >= 0.3 is 0 Å². The zero-order valence-electron chi connectivity index (χ0n) is 13.8. The second-order valence-electron chi connectivity index (χ2n) is 5.56. The van der Waals surface area contributed by atoms with Crippen molar-refractivity contribution in [2.45, 2.75) is 13.8 Å². The van der Waals surface area contributed by atoms with Crippen molar-refractivity contribution < 1.29 is 4.79 Å². The van der Waals surface area contributed by atoms with Gasteiger partial charge in [-0.25, -0.2) is 4.99 Å². The normalized spacial score (nSPS) is 17.8. The number of hydrogen-bond acceptors (Lipinski definition) is 3. The van der Waals surface area contributed by atoms with Gasteiger partial charge in [-0.2, -0.15) is 0 Å². The molecule has 1 fully saturated rings. The zero-order chi connectivity index (χ0) is 18.0. The fourth-order valence-corrected chi connectivity index (χ4v) is 3.88. The van der Waals surface area contributed by atoms with Crippen molar-refractivity contribution in [3.63, 3.8) is 0 Å². The van der Waals surface area contributed by atoms with E-state index in [4.69, 9.17) is 23.2 Å². The van der Waals surface area contributed by atoms with E-state index < -0.39 is 0 Å². The third-order valence-electron chi connectivity index (χ3n) is 3.71. The minimum Gasteiger partial charge on any atom is -0.287 e. The second kappa shape index (κ2) is 7.65. The summed E-state index contributed by atoms with van der Waals surface area (Å²) < 4.78 is 0. The molecule has 3 rings (SSSR count). The Bertz CT molecular complexity index is 875. The van der Waals surface area contributed by atoms with Gasteiger partial charge in [0.1, 0.15) is 0 Å². The molecule has 0 radical (unpaired) electrons. The summed E-state index contributed by atoms with van der Waals surface area (Å²) in [5, 5.41) is 1.75. The van der Waals surface area contributed by atoms with Crippen molar-refractivity contribution in [1.82, 2.24) is 4.90 Å². The molecule has 0 N–H and O–H groups in total. The number of hydrogen-bond donors (Lipinski definition) is 0. The smallest absolute Gasteiger partial charge is 0.266 e. The van der Waals surface area contributed by atoms with E-state index in [2.05, 4.69) is 4.99 Å². The predicted octanol–water partition coefficient (Wildman–Crippen LogP) is 5.93. The number of rotatable bonds is 3. The van der Waals surface area contributed by atoms with Crippen molar-refractivity contribution in [2.75, 3.05) is 6.54 Å². The van der Waals surface area contributed by atoms with Crippen LogP contribution in [0.1, 0.15) is 18.1 Å². The average Bonchev–Trinajstić information content (AvgIpc) is 2.87. The van der Waals surface area contributed by atoms with Crippen LogP contribution in [0.3, 0.4) is 0 Å². The largest absolute Gasteiger partial charge is 0.287 e. The summed E-state index contributed by atoms with van der Waals surface area (Å²) in [4.78, 5) is 19.5. The van der Waals surface area contributed by atoms with Gasteiger partial charge in [0, 0.05) is 16.6 Å². The van der Waals surface area contributed by atoms with E-state index >= 15 is 0 Å². The second-order valence-corrected chi connectivity index (χ2v) is 7.41. The maximum atomic E-state index is 12.7. The maximum Gasteiger partial charge on any atom is 0.266 e. The highest BCUT2D eigenvalue weighted by molar-refractivity contribution is 8.18. The number of carbonyl (C=O) groups excluding carboxylic acids is 1. The Morgan fingerprint density at radius 3 is 2.52 bits per heavy atom. The molecular weight excluding hydrogens is 375 g/mol. The minimum absolute atomic E-state index is 0.0654. The van der Waals surface area contributed by atoms with Crippen LogP contribution < -0.4 is 0 Å². The third kappa shape index (κ3) is 4.09. The Morgan fingerprint density at radius 1 is 1.16 bits per heavy atom. The van der Waals surface area contributed by atoms with Crippen LogP contribution in [0.2, 0.25) is 10.0 Å². The molecular formula is C19H16Cl2N2OS. The molecule has 1 aliphatic heterocycles. The Morgan fingerprint density at radius 2 is 1.88 bits per heavy atom. The standard InChI is InChI=1S/C19H16Cl2N2OS/c1-3-23-18(24)17(10-13-6-7-14(20)11-16(13)21)25-19(23)22-15-8-4-12(2)5-9-15/h4-11H,3H2,1-2H3/b17-10+,22-19?. The number of aliphatic imine (C=N–C) groups is 1. The van der Waals surface area contributed by atoms with Crippen LogP contribution in [0.25, 0.3) is 6.08 Å². The van der Waals surface area contributed by atoms with Gasteiger partial charge in [0.05, 0.1) is 10.6 Å². The Kier molecular flexibility index (Phi) is 5.52. The summed E-state index contributed by atoms with van der Waals surface area (Å²) >= 11 is 13.5. The molecule has 0 unspecified atom stereocenters. The topological polar surface area (TPSA) is 32.7 Å². The van der Waals surface area contributed by atoms with E-state index in [0.717, 1.165) is 11.3 Å². The molecule has 0 spiro atoms. The molecule has 6 heteroatoms. The fourth-order valence-electron chi connectivity index (χ4n) is 2.36. The number of nitrogens with zero attached hydrogens (tertiary/aromatic N) is 2. The molecule has 3 nitrogen and oxygen atoms in total. The Labute approximate surface area is 161 Å². The zero-order valence-corrected chi connectivity index (χ0v) is 16.1. The minimum atomic E-state index is -0.0654. The Balaban J connectivity index is 1.94. The van der Waals surface area contributed by atoms with Crippen LogP contribution in [0, 0.1) is 6.92 Å². The molecule has 0 saturated carbocycles. The molecule has 128 valence electrons. The van der Waals surface area contributed by atoms with Gasteiger partial charge < -0.3 is 0 Å². The van der Waals surface area contributed by atoms with E-state index in [-0.39, 0.29) is 5.91 Å². The average molecular weight is 391 g/mol. The molecule has 0 bridgehead atoms. The number of amidine groups is 1. The van der Waals surface area contributed by atoms with Gasteiger partial charge in [0.15, 0.2) is 5.17 Å². The first-order valence-electron chi connectivity index (χ1n) is 7.79. The summed E-state index contributed by atoms with van der Waals surface area (Å²) in [6.45, 7) is 4.52. The van der Waals surface area contributed by atoms with Crippen LogP contribution in [-0.2, 0) is 4.79 Å². The lowest BCUT2D eigenvalue weighted by Crippen LogP contribution is -2.28. The highest BCUT2D eigenvalue weighted by Gasteiger charge is 2.32. The van der Waals surface area contributed by atoms with E-state index in [1.807, 2.05) is 38.1 Å². The highest BCUT2D eigenvalue weighted by Crippen LogP contribution is 2.35. The van der Waals surface area contributed by atoms with Crippen molar-refractivity contribution in [2.24, 2.45) is 4.99 Å². The van der Waals surface area contributed by atoms with Crippen molar-refractivity contribution in [3.05, 3.63) is 68.5 Å². The molecule has 2 aromatic rings. The van der Waals surface area contributed by atoms with Crippen LogP contribution in [0.5, 0.6) is 0 Å². The molecule has 1 saturated heterocycles. The Hall–Kier alpha value is -1.75. The van der Waals surface area contributed by atoms with Crippen LogP contribution in [0.15, 0.2) is 52.4 Å². The van der Waals surface area contributed by atoms with Crippen LogP contribution in [0.4, 0.5) is 5.69 Å². The van der Waals surface area contributed by atoms with Gasteiger partial charge in [-0.3, -0.25) is 9.69 Å². The molecule has 0 aliphatic carbocycles. The first-order valence-corrected chi connectivity index (χ1v) is 9.37. The number of aryl methyl sites for hydroxylation is 1. The van der Waals surface area contributed by atoms with Gasteiger partial charge in [0.25, 0.3) is 5.91 Å². The van der Waals surface area contributed by atoms with Crippen LogP contribution >= 0.6 is 35.0 Å². The SMILES string of the molecule is CCN1C(=O)/C(=C\c2ccc(Cl)cc2Cl)SC1=Nc1ccc(C)cc1. The maximum absolute atomic E-state index is 12.7. The lowest BCUT2D eigenvalue weighted by atomic mass is 10.2. The van der Waals surface area contributed by atoms with Crippen LogP contribution in [-0.4, -0.2) is 22.5 Å². The van der Waals surface area contributed by atoms with Gasteiger partial charge in [0.2, 0.25) is 0 Å². The monoisotopic (exact) mass is 390 g/mol. The van der Waals surface area contributed by atoms with Gasteiger partial charge in [-0.15, -0.1) is 0 Å². The first kappa shape index (κ1) is 18.1. The van der Waals surface area contributed by atoms with E-state index in [0.29, 0.717) is 26.7 Å². The van der Waals surface area contributed by atoms with Crippen molar-refractivity contribution >= 4 is 57.8 Å². The molecule has 1 aliphatic rings. The predicted molar refractivity (Wildman–Crippen MR) is 108 cm³/mol. The summed E-state index contributed by atoms with van der Waals surface area (Å²) in [6, 6.07) is 13.1. The van der Waals surface area contributed by atoms with Gasteiger partial charge in [-0.1, -0.05) is 47.0 Å². The number of amides is 1. The molecule has 1 amide bonds. The van der Waals surface area contributed by atoms with E-state index in [1.165, 1.54) is 17.3 Å². The molecule has 0 atom stereocenters. The summed E-state index contributed by atoms with van der Waals surface area (Å²) in [7, 11) is 0. The molecule has 2 aromatic carbocycles. The number of benzene rings is 2. The quantitative estimate of drug-likeness (QED) is 0.608. The number of likely N-dealkylation sites (N-methyl/N-ethyl adjacent to an activating group) is 1. The molecule has 1 heterocycles. The molecule has 0 aromatic heterocycles. The molecule has 25 heavy (non-hydrogen) atoms. The fraction of sp³-hybridized carbons (Fsp3) is 0.158. The van der Waals surface area contributed by atoms with E-state index in [1.54, 1.807) is 29.2 Å². The summed E-state index contributed by atoms with van der Waals surface area (Å²) in [6.07, 6.45) is 1.78. The first-order chi connectivity index (χ1) is 12.0. The highest BCUT2D eigenvalue weighted by atomic mass is 35.5. The summed E-state index contributed by atoms with van der Waals surface area (Å²) in [5.41, 5.74) is 2.75. The number of carbonyl (C=O) groups is 1. The van der Waals surface area contributed by atoms with Crippen molar-refractivity contribution in [1.29, 1.82) is 0 Å². The van der Waals surface area contributed by atoms with E-state index in [9.17, 15) is 4.79 Å². The van der Waals surface area contributed by atoms with Crippen molar-refractivity contribution in [3.8, 4) is 0 Å². The lowest BCUT2D eigenvalue weighted by molar-refractivity contribution is -0.122. The lowest BCUT2D eigenvalue weighted by Gasteiger charge is -2.12. The summed E-state index contributed by atoms with van der Waals surface area (Å²) in [5.74, 6) is -0.0654. The number of halogens is 2. The number of thioether (sulfide) groups is 1. The van der Waals surface area contributed by atoms with Gasteiger partial charge in [-0.05, 0) is 61.5 Å².